The van der Waals surface area contributed by atoms with Gasteiger partial charge in [-0.15, -0.1) is 0 Å². The Morgan fingerprint density at radius 1 is 0.543 bits per heavy atom. The molecule has 15 heteroatoms. The van der Waals surface area contributed by atoms with Gasteiger partial charge < -0.3 is 8.85 Å². The summed E-state index contributed by atoms with van der Waals surface area (Å²) in [6.07, 6.45) is -25.3. The lowest BCUT2D eigenvalue weighted by atomic mass is 9.91. The van der Waals surface area contributed by atoms with Gasteiger partial charge in [-0.3, -0.25) is 0 Å². The van der Waals surface area contributed by atoms with Gasteiger partial charge in [0.2, 0.25) is 0 Å². The van der Waals surface area contributed by atoms with Crippen molar-refractivity contribution in [2.45, 2.75) is 49.8 Å². The van der Waals surface area contributed by atoms with Gasteiger partial charge in [0.1, 0.15) is 0 Å². The zero-order valence-electron chi connectivity index (χ0n) is 17.3. The zero-order chi connectivity index (χ0) is 26.6. The monoisotopic (exact) mass is 540 g/mol. The van der Waals surface area contributed by atoms with Crippen LogP contribution in [0.5, 0.6) is 0 Å². The molecule has 0 unspecified atom stereocenters. The van der Waals surface area contributed by atoms with E-state index >= 15 is 0 Å². The Morgan fingerprint density at radius 2 is 0.829 bits per heavy atom. The molecular weight excluding hydrogens is 528 g/mol. The highest BCUT2D eigenvalue weighted by atomic mass is 28.4. The molecule has 2 aromatic rings. The molecule has 0 fully saturated rings. The molecule has 2 aliphatic heterocycles. The summed E-state index contributed by atoms with van der Waals surface area (Å²) in [6, 6.07) is 3.88. The SMILES string of the molecule is Cc1ccc2c(c1)C(C(F)(F)F)(C(F)(F)F)O[Si]21OC(C(F)(F)F)(C(F)(F)F)c2cc(C)ccc21. The molecule has 2 heterocycles. The molecule has 0 saturated carbocycles. The molecule has 0 aromatic heterocycles. The molecule has 0 atom stereocenters. The Bertz CT molecular complexity index is 1070. The Morgan fingerprint density at radius 3 is 1.09 bits per heavy atom. The van der Waals surface area contributed by atoms with E-state index in [0.29, 0.717) is 24.3 Å². The van der Waals surface area contributed by atoms with Crippen molar-refractivity contribution in [3.63, 3.8) is 0 Å². The van der Waals surface area contributed by atoms with Gasteiger partial charge >= 0.3 is 33.3 Å². The van der Waals surface area contributed by atoms with Gasteiger partial charge in [-0.25, -0.2) is 0 Å². The summed E-state index contributed by atoms with van der Waals surface area (Å²) in [7, 11) is -5.95. The first-order chi connectivity index (χ1) is 15.7. The Labute approximate surface area is 189 Å². The second kappa shape index (κ2) is 6.94. The third-order valence-electron chi connectivity index (χ3n) is 6.01. The maximum Gasteiger partial charge on any atom is 0.429 e. The lowest BCUT2D eigenvalue weighted by Gasteiger charge is -2.38. The van der Waals surface area contributed by atoms with Crippen LogP contribution in [0, 0.1) is 13.8 Å². The van der Waals surface area contributed by atoms with E-state index in [1.54, 1.807) is 0 Å². The zero-order valence-corrected chi connectivity index (χ0v) is 18.3. The maximum absolute atomic E-state index is 14.1. The van der Waals surface area contributed by atoms with Crippen molar-refractivity contribution in [1.82, 2.24) is 0 Å². The fraction of sp³-hybridized carbons (Fsp3) is 0.400. The molecule has 4 rings (SSSR count). The van der Waals surface area contributed by atoms with Crippen molar-refractivity contribution in [2.24, 2.45) is 0 Å². The molecule has 0 saturated heterocycles. The molecule has 1 spiro atoms. The molecule has 192 valence electrons. The number of halogens is 12. The predicted molar refractivity (Wildman–Crippen MR) is 97.1 cm³/mol. The molecular formula is C20H12F12O2Si. The summed E-state index contributed by atoms with van der Waals surface area (Å²) in [5.41, 5.74) is -14.1. The van der Waals surface area contributed by atoms with Crippen molar-refractivity contribution in [3.05, 3.63) is 58.7 Å². The number of fused-ring (bicyclic) bond motifs is 4. The molecule has 0 radical (unpaired) electrons. The van der Waals surface area contributed by atoms with E-state index < -0.39 is 66.0 Å². The second-order valence-corrected chi connectivity index (χ2v) is 11.0. The average Bonchev–Trinajstić information content (AvgIpc) is 3.12. The van der Waals surface area contributed by atoms with E-state index in [9.17, 15) is 52.7 Å². The minimum atomic E-state index is -6.32. The van der Waals surface area contributed by atoms with Gasteiger partial charge in [0.25, 0.3) is 11.2 Å². The number of aryl methyl sites for hydroxylation is 2. The summed E-state index contributed by atoms with van der Waals surface area (Å²) >= 11 is 0. The van der Waals surface area contributed by atoms with Crippen molar-refractivity contribution < 1.29 is 61.5 Å². The van der Waals surface area contributed by atoms with Crippen LogP contribution in [0.4, 0.5) is 52.7 Å². The first-order valence-corrected chi connectivity index (χ1v) is 11.4. The summed E-state index contributed by atoms with van der Waals surface area (Å²) in [5, 5.41) is -2.28. The third-order valence-corrected chi connectivity index (χ3v) is 9.49. The molecule has 2 aliphatic rings. The first-order valence-electron chi connectivity index (χ1n) is 9.56. The van der Waals surface area contributed by atoms with Crippen LogP contribution >= 0.6 is 0 Å². The Hall–Kier alpha value is -2.26. The van der Waals surface area contributed by atoms with Gasteiger partial charge in [0.05, 0.1) is 0 Å². The summed E-state index contributed by atoms with van der Waals surface area (Å²) in [4.78, 5) is 0. The van der Waals surface area contributed by atoms with Gasteiger partial charge in [0.15, 0.2) is 0 Å². The molecule has 2 aromatic carbocycles. The van der Waals surface area contributed by atoms with Crippen LogP contribution < -0.4 is 10.4 Å². The van der Waals surface area contributed by atoms with Crippen LogP contribution in [0.15, 0.2) is 36.4 Å². The normalized spacial score (nSPS) is 20.7. The van der Waals surface area contributed by atoms with E-state index in [1.165, 1.54) is 0 Å². The maximum atomic E-state index is 14.1. The second-order valence-electron chi connectivity index (χ2n) is 8.27. The van der Waals surface area contributed by atoms with Crippen molar-refractivity contribution in [2.75, 3.05) is 0 Å². The summed E-state index contributed by atoms with van der Waals surface area (Å²) in [5.74, 6) is 0. The van der Waals surface area contributed by atoms with Crippen LogP contribution in [0.2, 0.25) is 0 Å². The van der Waals surface area contributed by atoms with E-state index in [1.807, 2.05) is 0 Å². The smallest absolute Gasteiger partial charge is 0.362 e. The summed E-state index contributed by atoms with van der Waals surface area (Å²) < 4.78 is 179. The lowest BCUT2D eigenvalue weighted by molar-refractivity contribution is -0.381. The minimum absolute atomic E-state index is 0.170. The number of rotatable bonds is 0. The number of alkyl halides is 12. The first kappa shape index (κ1) is 25.8. The Kier molecular flexibility index (Phi) is 5.12. The van der Waals surface area contributed by atoms with Crippen molar-refractivity contribution >= 4 is 18.9 Å². The molecule has 0 aliphatic carbocycles. The molecule has 0 bridgehead atoms. The van der Waals surface area contributed by atoms with Crippen molar-refractivity contribution in [1.29, 1.82) is 0 Å². The molecule has 0 amide bonds. The molecule has 35 heavy (non-hydrogen) atoms. The standard InChI is InChI=1S/C20H12F12O2Si/c1-9-3-5-13-11(7-9)15(17(21,22)23,18(24,25)26)33-35(13)14-6-4-10(2)8-12(14)16(34-35,19(27,28)29)20(30,31)32/h3-8H,1-2H3. The number of hydrogen-bond acceptors (Lipinski definition) is 2. The quantitative estimate of drug-likeness (QED) is 0.322. The van der Waals surface area contributed by atoms with Crippen LogP contribution in [0.3, 0.4) is 0 Å². The summed E-state index contributed by atoms with van der Waals surface area (Å²) in [6.45, 7) is 2.21. The average molecular weight is 540 g/mol. The minimum Gasteiger partial charge on any atom is -0.362 e. The highest BCUT2D eigenvalue weighted by molar-refractivity contribution is 6.94. The fourth-order valence-corrected chi connectivity index (χ4v) is 8.69. The molecule has 0 N–H and O–H groups in total. The van der Waals surface area contributed by atoms with Gasteiger partial charge in [-0.05, 0) is 13.8 Å². The van der Waals surface area contributed by atoms with Crippen molar-refractivity contribution in [3.8, 4) is 0 Å². The number of hydrogen-bond donors (Lipinski definition) is 0. The largest absolute Gasteiger partial charge is 0.429 e. The van der Waals surface area contributed by atoms with Gasteiger partial charge in [0, 0.05) is 21.5 Å². The Balaban J connectivity index is 2.19. The van der Waals surface area contributed by atoms with Crippen LogP contribution in [-0.4, -0.2) is 33.3 Å². The van der Waals surface area contributed by atoms with Crippen LogP contribution in [0.1, 0.15) is 22.3 Å². The predicted octanol–water partition coefficient (Wildman–Crippen LogP) is 5.56. The fourth-order valence-electron chi connectivity index (χ4n) is 4.56. The van der Waals surface area contributed by atoms with Gasteiger partial charge in [-0.1, -0.05) is 47.5 Å². The lowest BCUT2D eigenvalue weighted by Crippen LogP contribution is -2.64. The van der Waals surface area contributed by atoms with E-state index in [0.717, 1.165) is 26.0 Å². The van der Waals surface area contributed by atoms with Crippen LogP contribution in [-0.2, 0) is 20.1 Å². The molecule has 2 nitrogen and oxygen atoms in total. The highest BCUT2D eigenvalue weighted by Gasteiger charge is 2.87. The highest BCUT2D eigenvalue weighted by Crippen LogP contribution is 2.62. The topological polar surface area (TPSA) is 18.5 Å². The van der Waals surface area contributed by atoms with E-state index in [2.05, 4.69) is 8.85 Å². The van der Waals surface area contributed by atoms with E-state index in [-0.39, 0.29) is 11.1 Å². The number of benzene rings is 2. The van der Waals surface area contributed by atoms with E-state index in [4.69, 9.17) is 0 Å². The van der Waals surface area contributed by atoms with Gasteiger partial charge in [-0.2, -0.15) is 52.7 Å². The van der Waals surface area contributed by atoms with Crippen LogP contribution in [0.25, 0.3) is 0 Å². The third kappa shape index (κ3) is 3.06.